The third-order valence-electron chi connectivity index (χ3n) is 2.69. The molecule has 0 atom stereocenters. The first-order chi connectivity index (χ1) is 6.81. The van der Waals surface area contributed by atoms with Gasteiger partial charge in [0.2, 0.25) is 0 Å². The minimum Gasteiger partial charge on any atom is -0.395 e. The van der Waals surface area contributed by atoms with Crippen LogP contribution < -0.4 is 0 Å². The summed E-state index contributed by atoms with van der Waals surface area (Å²) < 4.78 is 0. The summed E-state index contributed by atoms with van der Waals surface area (Å²) in [4.78, 5) is 2.14. The lowest BCUT2D eigenvalue weighted by molar-refractivity contribution is 0.215. The minimum atomic E-state index is 0.196. The highest BCUT2D eigenvalue weighted by atomic mass is 16.3. The SMILES string of the molecule is C=C1Cc2ccccc2CN1CCO. The molecule has 0 amide bonds. The van der Waals surface area contributed by atoms with Crippen LogP contribution in [0.2, 0.25) is 0 Å². The molecule has 0 radical (unpaired) electrons. The fourth-order valence-corrected chi connectivity index (χ4v) is 1.89. The fourth-order valence-electron chi connectivity index (χ4n) is 1.89. The third-order valence-corrected chi connectivity index (χ3v) is 2.69. The molecule has 1 N–H and O–H groups in total. The molecule has 2 rings (SSSR count). The topological polar surface area (TPSA) is 23.5 Å². The number of β-amino-alcohol motifs (C(OH)–C–C–N with tert-alkyl or cyclic N) is 1. The summed E-state index contributed by atoms with van der Waals surface area (Å²) >= 11 is 0. The predicted octanol–water partition coefficient (Wildman–Crippen LogP) is 1.55. The average molecular weight is 189 g/mol. The van der Waals surface area contributed by atoms with Crippen molar-refractivity contribution in [1.29, 1.82) is 0 Å². The van der Waals surface area contributed by atoms with Crippen LogP contribution in [-0.2, 0) is 13.0 Å². The molecule has 1 aromatic carbocycles. The predicted molar refractivity (Wildman–Crippen MR) is 56.8 cm³/mol. The summed E-state index contributed by atoms with van der Waals surface area (Å²) in [7, 11) is 0. The second kappa shape index (κ2) is 3.84. The zero-order valence-electron chi connectivity index (χ0n) is 8.24. The van der Waals surface area contributed by atoms with Gasteiger partial charge in [-0.05, 0) is 11.1 Å². The highest BCUT2D eigenvalue weighted by molar-refractivity contribution is 5.33. The zero-order chi connectivity index (χ0) is 9.97. The number of aliphatic hydroxyl groups is 1. The van der Waals surface area contributed by atoms with Crippen molar-refractivity contribution in [1.82, 2.24) is 4.90 Å². The van der Waals surface area contributed by atoms with Crippen molar-refractivity contribution < 1.29 is 5.11 Å². The van der Waals surface area contributed by atoms with Gasteiger partial charge in [0.1, 0.15) is 0 Å². The Balaban J connectivity index is 2.22. The Labute approximate surface area is 84.5 Å². The van der Waals surface area contributed by atoms with E-state index in [0.29, 0.717) is 6.54 Å². The first-order valence-corrected chi connectivity index (χ1v) is 4.91. The molecule has 0 unspecified atom stereocenters. The Morgan fingerprint density at radius 2 is 2.00 bits per heavy atom. The van der Waals surface area contributed by atoms with Crippen molar-refractivity contribution in [2.75, 3.05) is 13.2 Å². The Hall–Kier alpha value is -1.28. The van der Waals surface area contributed by atoms with Crippen LogP contribution in [0.25, 0.3) is 0 Å². The number of hydrogen-bond donors (Lipinski definition) is 1. The molecule has 0 aromatic heterocycles. The monoisotopic (exact) mass is 189 g/mol. The largest absolute Gasteiger partial charge is 0.395 e. The van der Waals surface area contributed by atoms with E-state index in [0.717, 1.165) is 18.7 Å². The number of hydrogen-bond acceptors (Lipinski definition) is 2. The van der Waals surface area contributed by atoms with Crippen LogP contribution in [0.5, 0.6) is 0 Å². The van der Waals surface area contributed by atoms with Gasteiger partial charge in [-0.15, -0.1) is 0 Å². The summed E-state index contributed by atoms with van der Waals surface area (Å²) in [6.07, 6.45) is 0.913. The number of rotatable bonds is 2. The van der Waals surface area contributed by atoms with Crippen molar-refractivity contribution >= 4 is 0 Å². The lowest BCUT2D eigenvalue weighted by Gasteiger charge is -2.32. The van der Waals surface area contributed by atoms with E-state index in [9.17, 15) is 0 Å². The smallest absolute Gasteiger partial charge is 0.0606 e. The zero-order valence-corrected chi connectivity index (χ0v) is 8.24. The van der Waals surface area contributed by atoms with Gasteiger partial charge in [-0.2, -0.15) is 0 Å². The van der Waals surface area contributed by atoms with E-state index in [2.05, 4.69) is 35.7 Å². The maximum atomic E-state index is 8.90. The maximum absolute atomic E-state index is 8.90. The lowest BCUT2D eigenvalue weighted by Crippen LogP contribution is -2.30. The maximum Gasteiger partial charge on any atom is 0.0606 e. The Morgan fingerprint density at radius 1 is 1.29 bits per heavy atom. The second-order valence-corrected chi connectivity index (χ2v) is 3.66. The van der Waals surface area contributed by atoms with Crippen LogP contribution in [0.4, 0.5) is 0 Å². The number of aliphatic hydroxyl groups excluding tert-OH is 1. The van der Waals surface area contributed by atoms with E-state index >= 15 is 0 Å². The fraction of sp³-hybridized carbons (Fsp3) is 0.333. The highest BCUT2D eigenvalue weighted by Gasteiger charge is 2.16. The Morgan fingerprint density at radius 3 is 2.71 bits per heavy atom. The van der Waals surface area contributed by atoms with Gasteiger partial charge in [0.15, 0.2) is 0 Å². The van der Waals surface area contributed by atoms with E-state index in [1.165, 1.54) is 11.1 Å². The normalized spacial score (nSPS) is 15.5. The van der Waals surface area contributed by atoms with E-state index in [-0.39, 0.29) is 6.61 Å². The number of allylic oxidation sites excluding steroid dienone is 1. The molecule has 0 aliphatic carbocycles. The molecular formula is C12H15NO. The van der Waals surface area contributed by atoms with Gasteiger partial charge in [0.25, 0.3) is 0 Å². The van der Waals surface area contributed by atoms with Crippen LogP contribution in [0.15, 0.2) is 36.5 Å². The molecule has 1 aliphatic rings. The van der Waals surface area contributed by atoms with Crippen LogP contribution in [0.1, 0.15) is 11.1 Å². The van der Waals surface area contributed by atoms with Crippen molar-refractivity contribution in [2.45, 2.75) is 13.0 Å². The van der Waals surface area contributed by atoms with E-state index < -0.39 is 0 Å². The molecule has 0 fully saturated rings. The molecule has 1 aromatic rings. The van der Waals surface area contributed by atoms with Crippen LogP contribution in [-0.4, -0.2) is 23.2 Å². The molecule has 1 aliphatic heterocycles. The minimum absolute atomic E-state index is 0.196. The number of nitrogens with zero attached hydrogens (tertiary/aromatic N) is 1. The average Bonchev–Trinajstić information content (AvgIpc) is 2.19. The first kappa shape index (κ1) is 9.28. The summed E-state index contributed by atoms with van der Waals surface area (Å²) in [5, 5.41) is 8.90. The molecule has 0 saturated carbocycles. The molecular weight excluding hydrogens is 174 g/mol. The molecule has 0 bridgehead atoms. The van der Waals surface area contributed by atoms with Crippen molar-refractivity contribution in [3.05, 3.63) is 47.7 Å². The summed E-state index contributed by atoms with van der Waals surface area (Å²) in [6.45, 7) is 5.80. The van der Waals surface area contributed by atoms with E-state index in [1.54, 1.807) is 0 Å². The molecule has 2 heteroatoms. The standard InChI is InChI=1S/C12H15NO/c1-10-8-11-4-2-3-5-12(11)9-13(10)6-7-14/h2-5,14H,1,6-9H2. The molecule has 0 spiro atoms. The summed E-state index contributed by atoms with van der Waals surface area (Å²) in [5.41, 5.74) is 3.83. The lowest BCUT2D eigenvalue weighted by atomic mass is 9.98. The van der Waals surface area contributed by atoms with Crippen LogP contribution in [0.3, 0.4) is 0 Å². The van der Waals surface area contributed by atoms with Gasteiger partial charge in [0.05, 0.1) is 6.61 Å². The van der Waals surface area contributed by atoms with Gasteiger partial charge in [-0.3, -0.25) is 0 Å². The summed E-state index contributed by atoms with van der Waals surface area (Å²) in [6, 6.07) is 8.42. The summed E-state index contributed by atoms with van der Waals surface area (Å²) in [5.74, 6) is 0. The molecule has 14 heavy (non-hydrogen) atoms. The van der Waals surface area contributed by atoms with Gasteiger partial charge in [0, 0.05) is 25.2 Å². The quantitative estimate of drug-likeness (QED) is 0.763. The van der Waals surface area contributed by atoms with Gasteiger partial charge >= 0.3 is 0 Å². The highest BCUT2D eigenvalue weighted by Crippen LogP contribution is 2.23. The number of benzene rings is 1. The first-order valence-electron chi connectivity index (χ1n) is 4.91. The van der Waals surface area contributed by atoms with Gasteiger partial charge in [-0.1, -0.05) is 30.8 Å². The molecule has 74 valence electrons. The number of fused-ring (bicyclic) bond motifs is 1. The van der Waals surface area contributed by atoms with Crippen molar-refractivity contribution in [3.63, 3.8) is 0 Å². The van der Waals surface area contributed by atoms with Crippen LogP contribution in [0, 0.1) is 0 Å². The molecule has 2 nitrogen and oxygen atoms in total. The van der Waals surface area contributed by atoms with E-state index in [4.69, 9.17) is 5.11 Å². The molecule has 0 saturated heterocycles. The Bertz CT molecular complexity index is 346. The van der Waals surface area contributed by atoms with Crippen LogP contribution >= 0.6 is 0 Å². The second-order valence-electron chi connectivity index (χ2n) is 3.66. The van der Waals surface area contributed by atoms with Crippen molar-refractivity contribution in [2.24, 2.45) is 0 Å². The van der Waals surface area contributed by atoms with Gasteiger partial charge < -0.3 is 10.0 Å². The molecule has 1 heterocycles. The Kier molecular flexibility index (Phi) is 2.55. The third kappa shape index (κ3) is 1.66. The van der Waals surface area contributed by atoms with E-state index in [1.807, 2.05) is 0 Å². The van der Waals surface area contributed by atoms with Gasteiger partial charge in [-0.25, -0.2) is 0 Å². The van der Waals surface area contributed by atoms with Crippen molar-refractivity contribution in [3.8, 4) is 0 Å².